The topological polar surface area (TPSA) is 29.5 Å². The SMILES string of the molecule is COc1c(C)c(C)cc(C)c1CCN(C)C(=O)S. The third-order valence-corrected chi connectivity index (χ3v) is 3.68. The zero-order chi connectivity index (χ0) is 13.9. The molecule has 0 N–H and O–H groups in total. The second-order valence-electron chi connectivity index (χ2n) is 4.60. The Bertz CT molecular complexity index is 458. The lowest BCUT2D eigenvalue weighted by Gasteiger charge is -2.19. The molecule has 0 spiro atoms. The molecule has 0 bridgehead atoms. The Morgan fingerprint density at radius 3 is 2.44 bits per heavy atom. The van der Waals surface area contributed by atoms with Crippen LogP contribution >= 0.6 is 12.6 Å². The highest BCUT2D eigenvalue weighted by molar-refractivity contribution is 7.96. The number of hydrogen-bond acceptors (Lipinski definition) is 2. The molecule has 0 aliphatic carbocycles. The Kier molecular flexibility index (Phi) is 5.08. The fourth-order valence-electron chi connectivity index (χ4n) is 2.07. The van der Waals surface area contributed by atoms with E-state index in [1.807, 2.05) is 0 Å². The van der Waals surface area contributed by atoms with Gasteiger partial charge in [0, 0.05) is 13.6 Å². The van der Waals surface area contributed by atoms with Crippen LogP contribution in [-0.2, 0) is 6.42 Å². The maximum Gasteiger partial charge on any atom is 0.278 e. The van der Waals surface area contributed by atoms with Gasteiger partial charge in [0.15, 0.2) is 0 Å². The molecule has 0 fully saturated rings. The smallest absolute Gasteiger partial charge is 0.278 e. The minimum absolute atomic E-state index is 0.213. The first kappa shape index (κ1) is 14.9. The van der Waals surface area contributed by atoms with E-state index in [1.54, 1.807) is 19.1 Å². The summed E-state index contributed by atoms with van der Waals surface area (Å²) in [5.74, 6) is 0.938. The lowest BCUT2D eigenvalue weighted by Crippen LogP contribution is -2.24. The highest BCUT2D eigenvalue weighted by Gasteiger charge is 2.13. The Balaban J connectivity index is 3.01. The van der Waals surface area contributed by atoms with Crippen LogP contribution in [0.25, 0.3) is 0 Å². The Labute approximate surface area is 115 Å². The lowest BCUT2D eigenvalue weighted by molar-refractivity contribution is 0.234. The number of methoxy groups -OCH3 is 1. The second kappa shape index (κ2) is 6.14. The van der Waals surface area contributed by atoms with Crippen LogP contribution in [-0.4, -0.2) is 30.8 Å². The summed E-state index contributed by atoms with van der Waals surface area (Å²) in [6, 6.07) is 2.16. The first-order valence-corrected chi connectivity index (χ1v) is 6.41. The van der Waals surface area contributed by atoms with Crippen molar-refractivity contribution in [2.45, 2.75) is 27.2 Å². The van der Waals surface area contributed by atoms with E-state index in [4.69, 9.17) is 4.74 Å². The van der Waals surface area contributed by atoms with Gasteiger partial charge in [-0.3, -0.25) is 4.79 Å². The zero-order valence-electron chi connectivity index (χ0n) is 11.7. The molecule has 0 saturated heterocycles. The van der Waals surface area contributed by atoms with Crippen LogP contribution in [0.5, 0.6) is 5.75 Å². The maximum atomic E-state index is 11.1. The molecular formula is C14H21NO2S. The van der Waals surface area contributed by atoms with E-state index in [1.165, 1.54) is 16.7 Å². The molecule has 1 rings (SSSR count). The van der Waals surface area contributed by atoms with Gasteiger partial charge in [0.25, 0.3) is 5.24 Å². The third kappa shape index (κ3) is 3.19. The van der Waals surface area contributed by atoms with Gasteiger partial charge in [-0.2, -0.15) is 0 Å². The van der Waals surface area contributed by atoms with E-state index >= 15 is 0 Å². The van der Waals surface area contributed by atoms with E-state index in [9.17, 15) is 4.79 Å². The van der Waals surface area contributed by atoms with Crippen LogP contribution in [0.15, 0.2) is 6.07 Å². The molecule has 1 aromatic carbocycles. The summed E-state index contributed by atoms with van der Waals surface area (Å²) in [5.41, 5.74) is 4.77. The second-order valence-corrected chi connectivity index (χ2v) is 4.98. The highest BCUT2D eigenvalue weighted by atomic mass is 32.1. The van der Waals surface area contributed by atoms with Crippen molar-refractivity contribution in [2.24, 2.45) is 0 Å². The van der Waals surface area contributed by atoms with E-state index in [2.05, 4.69) is 39.5 Å². The van der Waals surface area contributed by atoms with Gasteiger partial charge >= 0.3 is 0 Å². The van der Waals surface area contributed by atoms with Gasteiger partial charge in [0.05, 0.1) is 7.11 Å². The van der Waals surface area contributed by atoms with E-state index in [0.29, 0.717) is 6.54 Å². The number of amides is 1. The van der Waals surface area contributed by atoms with Crippen molar-refractivity contribution in [1.82, 2.24) is 4.90 Å². The standard InChI is InChI=1S/C14H21NO2S/c1-9-8-10(2)12(13(17-5)11(9)3)6-7-15(4)14(16)18/h8H,6-7H2,1-5H3,(H,16,18). The number of nitrogens with zero attached hydrogens (tertiary/aromatic N) is 1. The number of rotatable bonds is 4. The number of hydrogen-bond donors (Lipinski definition) is 1. The van der Waals surface area contributed by atoms with Gasteiger partial charge in [0.1, 0.15) is 5.75 Å². The van der Waals surface area contributed by atoms with Crippen molar-refractivity contribution in [2.75, 3.05) is 20.7 Å². The molecule has 0 atom stereocenters. The van der Waals surface area contributed by atoms with Gasteiger partial charge in [-0.25, -0.2) is 0 Å². The number of carbonyl (C=O) groups is 1. The Hall–Kier alpha value is -1.16. The van der Waals surface area contributed by atoms with Crippen LogP contribution < -0.4 is 4.74 Å². The summed E-state index contributed by atoms with van der Waals surface area (Å²) < 4.78 is 5.51. The molecule has 0 radical (unpaired) electrons. The Morgan fingerprint density at radius 1 is 1.33 bits per heavy atom. The first-order chi connectivity index (χ1) is 8.38. The van der Waals surface area contributed by atoms with Crippen LogP contribution in [0.2, 0.25) is 0 Å². The van der Waals surface area contributed by atoms with E-state index < -0.39 is 0 Å². The van der Waals surface area contributed by atoms with Crippen molar-refractivity contribution < 1.29 is 9.53 Å². The molecule has 0 aliphatic heterocycles. The van der Waals surface area contributed by atoms with Crippen LogP contribution in [0.3, 0.4) is 0 Å². The summed E-state index contributed by atoms with van der Waals surface area (Å²) in [5, 5.41) is -0.213. The summed E-state index contributed by atoms with van der Waals surface area (Å²) >= 11 is 3.81. The van der Waals surface area contributed by atoms with Crippen LogP contribution in [0, 0.1) is 20.8 Å². The average Bonchev–Trinajstić information content (AvgIpc) is 2.31. The van der Waals surface area contributed by atoms with Crippen LogP contribution in [0.1, 0.15) is 22.3 Å². The number of thiol groups is 1. The van der Waals surface area contributed by atoms with Crippen molar-refractivity contribution >= 4 is 17.9 Å². The predicted octanol–water partition coefficient (Wildman–Crippen LogP) is 3.14. The molecule has 4 heteroatoms. The molecule has 0 aliphatic rings. The Morgan fingerprint density at radius 2 is 1.94 bits per heavy atom. The van der Waals surface area contributed by atoms with E-state index in [0.717, 1.165) is 17.7 Å². The monoisotopic (exact) mass is 267 g/mol. The number of benzene rings is 1. The lowest BCUT2D eigenvalue weighted by atomic mass is 9.97. The third-order valence-electron chi connectivity index (χ3n) is 3.34. The minimum Gasteiger partial charge on any atom is -0.496 e. The summed E-state index contributed by atoms with van der Waals surface area (Å²) in [7, 11) is 3.44. The summed E-state index contributed by atoms with van der Waals surface area (Å²) in [6.45, 7) is 6.86. The van der Waals surface area contributed by atoms with E-state index in [-0.39, 0.29) is 5.24 Å². The minimum atomic E-state index is -0.213. The van der Waals surface area contributed by atoms with Crippen molar-refractivity contribution in [3.63, 3.8) is 0 Å². The quantitative estimate of drug-likeness (QED) is 0.849. The molecular weight excluding hydrogens is 246 g/mol. The molecule has 0 unspecified atom stereocenters. The predicted molar refractivity (Wildman–Crippen MR) is 77.9 cm³/mol. The van der Waals surface area contributed by atoms with Gasteiger partial charge < -0.3 is 9.64 Å². The van der Waals surface area contributed by atoms with Gasteiger partial charge in [0.2, 0.25) is 0 Å². The van der Waals surface area contributed by atoms with Crippen LogP contribution in [0.4, 0.5) is 4.79 Å². The average molecular weight is 267 g/mol. The summed E-state index contributed by atoms with van der Waals surface area (Å²) in [6.07, 6.45) is 0.777. The fraction of sp³-hybridized carbons (Fsp3) is 0.500. The van der Waals surface area contributed by atoms with Gasteiger partial charge in [-0.15, -0.1) is 0 Å². The number of carbonyl (C=O) groups excluding carboxylic acids is 1. The molecule has 18 heavy (non-hydrogen) atoms. The molecule has 100 valence electrons. The van der Waals surface area contributed by atoms with Crippen molar-refractivity contribution in [3.8, 4) is 5.75 Å². The number of aryl methyl sites for hydroxylation is 2. The van der Waals surface area contributed by atoms with Gasteiger partial charge in [-0.1, -0.05) is 18.7 Å². The summed E-state index contributed by atoms with van der Waals surface area (Å²) in [4.78, 5) is 12.7. The molecule has 1 aromatic rings. The largest absolute Gasteiger partial charge is 0.496 e. The number of likely N-dealkylation sites (N-methyl/N-ethyl adjacent to an activating group) is 1. The first-order valence-electron chi connectivity index (χ1n) is 5.96. The normalized spacial score (nSPS) is 10.3. The molecule has 3 nitrogen and oxygen atoms in total. The van der Waals surface area contributed by atoms with Gasteiger partial charge in [-0.05, 0) is 49.4 Å². The fourth-order valence-corrected chi connectivity index (χ4v) is 2.17. The van der Waals surface area contributed by atoms with Crippen molar-refractivity contribution in [3.05, 3.63) is 28.3 Å². The molecule has 0 aromatic heterocycles. The highest BCUT2D eigenvalue weighted by Crippen LogP contribution is 2.29. The number of ether oxygens (including phenoxy) is 1. The maximum absolute atomic E-state index is 11.1. The zero-order valence-corrected chi connectivity index (χ0v) is 12.6. The van der Waals surface area contributed by atoms with Crippen molar-refractivity contribution in [1.29, 1.82) is 0 Å². The molecule has 0 saturated carbocycles. The molecule has 0 heterocycles. The molecule has 1 amide bonds.